The summed E-state index contributed by atoms with van der Waals surface area (Å²) in [6.07, 6.45) is -0.865. The number of benzene rings is 2. The first-order valence-corrected chi connectivity index (χ1v) is 8.02. The minimum absolute atomic E-state index is 0.0585. The van der Waals surface area contributed by atoms with E-state index in [-0.39, 0.29) is 11.1 Å². The molecule has 0 saturated heterocycles. The molecular weight excluding hydrogens is 392 g/mol. The summed E-state index contributed by atoms with van der Waals surface area (Å²) in [6, 6.07) is 12.6. The van der Waals surface area contributed by atoms with Crippen LogP contribution in [0.5, 0.6) is 5.75 Å². The van der Waals surface area contributed by atoms with E-state index in [1.807, 2.05) is 0 Å². The summed E-state index contributed by atoms with van der Waals surface area (Å²) in [4.78, 5) is 35.2. The van der Waals surface area contributed by atoms with Gasteiger partial charge >= 0.3 is 5.97 Å². The number of aromatic carboxylic acids is 1. The average molecular weight is 407 g/mol. The predicted octanol–water partition coefficient (Wildman–Crippen LogP) is 2.38. The van der Waals surface area contributed by atoms with Gasteiger partial charge in [0.15, 0.2) is 6.10 Å². The Morgan fingerprint density at radius 1 is 1.00 bits per heavy atom. The number of hydrogen-bond donors (Lipinski definition) is 3. The van der Waals surface area contributed by atoms with Crippen LogP contribution in [0.2, 0.25) is 0 Å². The largest absolute Gasteiger partial charge is 0.481 e. The van der Waals surface area contributed by atoms with Crippen LogP contribution >= 0.6 is 15.9 Å². The van der Waals surface area contributed by atoms with Gasteiger partial charge in [-0.05, 0) is 43.3 Å². The van der Waals surface area contributed by atoms with Gasteiger partial charge in [-0.2, -0.15) is 0 Å². The van der Waals surface area contributed by atoms with Crippen molar-refractivity contribution in [1.29, 1.82) is 0 Å². The topological polar surface area (TPSA) is 105 Å². The third-order valence-corrected chi connectivity index (χ3v) is 3.73. The first kappa shape index (κ1) is 18.5. The van der Waals surface area contributed by atoms with Crippen LogP contribution in [0.25, 0.3) is 0 Å². The number of carboxylic acids is 1. The molecular formula is C17H15BrN2O5. The van der Waals surface area contributed by atoms with Gasteiger partial charge in [0.1, 0.15) is 5.75 Å². The van der Waals surface area contributed by atoms with Crippen molar-refractivity contribution in [3.8, 4) is 5.75 Å². The van der Waals surface area contributed by atoms with Crippen LogP contribution in [0.1, 0.15) is 27.6 Å². The molecule has 0 unspecified atom stereocenters. The normalized spacial score (nSPS) is 11.3. The summed E-state index contributed by atoms with van der Waals surface area (Å²) in [5, 5.41) is 9.07. The van der Waals surface area contributed by atoms with E-state index in [0.717, 1.165) is 4.47 Å². The van der Waals surface area contributed by atoms with Crippen molar-refractivity contribution < 1.29 is 24.2 Å². The molecule has 3 N–H and O–H groups in total. The van der Waals surface area contributed by atoms with Crippen molar-refractivity contribution >= 4 is 33.7 Å². The zero-order valence-electron chi connectivity index (χ0n) is 13.2. The highest BCUT2D eigenvalue weighted by Crippen LogP contribution is 2.17. The maximum Gasteiger partial charge on any atom is 0.336 e. The van der Waals surface area contributed by atoms with Crippen molar-refractivity contribution in [3.63, 3.8) is 0 Å². The number of amides is 2. The van der Waals surface area contributed by atoms with Crippen molar-refractivity contribution in [2.75, 3.05) is 0 Å². The highest BCUT2D eigenvalue weighted by Gasteiger charge is 2.19. The summed E-state index contributed by atoms with van der Waals surface area (Å²) >= 11 is 3.30. The number of carbonyl (C=O) groups is 3. The summed E-state index contributed by atoms with van der Waals surface area (Å²) in [5.41, 5.74) is 4.18. The highest BCUT2D eigenvalue weighted by molar-refractivity contribution is 9.10. The number of carbonyl (C=O) groups excluding carboxylic acids is 2. The molecule has 2 aromatic rings. The molecule has 2 rings (SSSR count). The average Bonchev–Trinajstić information content (AvgIpc) is 2.61. The number of hydrogen-bond acceptors (Lipinski definition) is 4. The van der Waals surface area contributed by atoms with Crippen LogP contribution in [0, 0.1) is 0 Å². The van der Waals surface area contributed by atoms with Gasteiger partial charge in [0.05, 0.1) is 11.1 Å². The van der Waals surface area contributed by atoms with E-state index in [1.54, 1.807) is 24.3 Å². The van der Waals surface area contributed by atoms with Gasteiger partial charge in [0.2, 0.25) is 0 Å². The summed E-state index contributed by atoms with van der Waals surface area (Å²) in [7, 11) is 0. The lowest BCUT2D eigenvalue weighted by Crippen LogP contribution is -2.47. The fraction of sp³-hybridized carbons (Fsp3) is 0.118. The van der Waals surface area contributed by atoms with Gasteiger partial charge < -0.3 is 9.84 Å². The van der Waals surface area contributed by atoms with Gasteiger partial charge in [0.25, 0.3) is 11.8 Å². The summed E-state index contributed by atoms with van der Waals surface area (Å²) < 4.78 is 6.33. The Morgan fingerprint density at radius 2 is 1.60 bits per heavy atom. The first-order valence-electron chi connectivity index (χ1n) is 7.23. The van der Waals surface area contributed by atoms with E-state index in [0.29, 0.717) is 5.75 Å². The van der Waals surface area contributed by atoms with Crippen LogP contribution in [-0.4, -0.2) is 29.0 Å². The van der Waals surface area contributed by atoms with Crippen LogP contribution in [0.3, 0.4) is 0 Å². The Morgan fingerprint density at radius 3 is 2.20 bits per heavy atom. The second-order valence-corrected chi connectivity index (χ2v) is 5.92. The number of nitrogens with one attached hydrogen (secondary N) is 2. The molecule has 0 aromatic heterocycles. The molecule has 0 fully saturated rings. The molecule has 0 aliphatic rings. The zero-order valence-corrected chi connectivity index (χ0v) is 14.7. The summed E-state index contributed by atoms with van der Waals surface area (Å²) in [5.74, 6) is -2.05. The molecule has 8 heteroatoms. The molecule has 2 aromatic carbocycles. The van der Waals surface area contributed by atoms with Crippen LogP contribution in [0.4, 0.5) is 0 Å². The van der Waals surface area contributed by atoms with Crippen LogP contribution < -0.4 is 15.6 Å². The number of halogens is 1. The smallest absolute Gasteiger partial charge is 0.336 e. The van der Waals surface area contributed by atoms with E-state index in [2.05, 4.69) is 26.8 Å². The molecule has 0 saturated carbocycles. The molecule has 0 radical (unpaired) electrons. The van der Waals surface area contributed by atoms with Crippen molar-refractivity contribution in [3.05, 3.63) is 64.1 Å². The van der Waals surface area contributed by atoms with Gasteiger partial charge in [-0.25, -0.2) is 4.79 Å². The Bertz CT molecular complexity index is 792. The van der Waals surface area contributed by atoms with E-state index in [1.165, 1.54) is 31.2 Å². The Labute approximate surface area is 152 Å². The van der Waals surface area contributed by atoms with E-state index >= 15 is 0 Å². The van der Waals surface area contributed by atoms with Crippen molar-refractivity contribution in [1.82, 2.24) is 10.9 Å². The SMILES string of the molecule is C[C@H](Oc1ccc(Br)cc1)C(=O)NNC(=O)c1ccccc1C(=O)O. The minimum atomic E-state index is -1.23. The fourth-order valence-electron chi connectivity index (χ4n) is 1.93. The third kappa shape index (κ3) is 5.05. The van der Waals surface area contributed by atoms with E-state index in [4.69, 9.17) is 9.84 Å². The molecule has 0 bridgehead atoms. The lowest BCUT2D eigenvalue weighted by Gasteiger charge is -2.15. The standard InChI is InChI=1S/C17H15BrN2O5/c1-10(25-12-8-6-11(18)7-9-12)15(21)19-20-16(22)13-4-2-3-5-14(13)17(23)24/h2-10H,1H3,(H,19,21)(H,20,22)(H,23,24)/t10-/m0/s1. The van der Waals surface area contributed by atoms with Crippen molar-refractivity contribution in [2.45, 2.75) is 13.0 Å². The quantitative estimate of drug-likeness (QED) is 0.661. The Kier molecular flexibility index (Phi) is 6.13. The van der Waals surface area contributed by atoms with Crippen LogP contribution in [-0.2, 0) is 4.79 Å². The van der Waals surface area contributed by atoms with Crippen LogP contribution in [0.15, 0.2) is 53.0 Å². The molecule has 25 heavy (non-hydrogen) atoms. The minimum Gasteiger partial charge on any atom is -0.481 e. The number of carboxylic acid groups (broad SMARTS) is 1. The maximum atomic E-state index is 12.1. The van der Waals surface area contributed by atoms with Gasteiger partial charge in [-0.15, -0.1) is 0 Å². The molecule has 1 atom stereocenters. The van der Waals surface area contributed by atoms with E-state index in [9.17, 15) is 14.4 Å². The third-order valence-electron chi connectivity index (χ3n) is 3.20. The highest BCUT2D eigenvalue weighted by atomic mass is 79.9. The molecule has 0 spiro atoms. The lowest BCUT2D eigenvalue weighted by atomic mass is 10.1. The first-order chi connectivity index (χ1) is 11.9. The molecule has 0 aliphatic heterocycles. The van der Waals surface area contributed by atoms with Crippen molar-refractivity contribution in [2.24, 2.45) is 0 Å². The number of hydrazine groups is 1. The Hall–Kier alpha value is -2.87. The Balaban J connectivity index is 1.94. The number of rotatable bonds is 5. The summed E-state index contributed by atoms with van der Waals surface area (Å²) in [6.45, 7) is 1.52. The van der Waals surface area contributed by atoms with Gasteiger partial charge in [-0.1, -0.05) is 28.1 Å². The molecule has 130 valence electrons. The second kappa shape index (κ2) is 8.29. The molecule has 7 nitrogen and oxygen atoms in total. The number of ether oxygens (including phenoxy) is 1. The monoisotopic (exact) mass is 406 g/mol. The fourth-order valence-corrected chi connectivity index (χ4v) is 2.19. The molecule has 0 heterocycles. The van der Waals surface area contributed by atoms with Gasteiger partial charge in [0, 0.05) is 4.47 Å². The predicted molar refractivity (Wildman–Crippen MR) is 93.2 cm³/mol. The molecule has 0 aliphatic carbocycles. The lowest BCUT2D eigenvalue weighted by molar-refractivity contribution is -0.128. The van der Waals surface area contributed by atoms with Gasteiger partial charge in [-0.3, -0.25) is 20.4 Å². The maximum absolute atomic E-state index is 12.1. The van der Waals surface area contributed by atoms with E-state index < -0.39 is 23.9 Å². The zero-order chi connectivity index (χ0) is 18.4. The molecule has 2 amide bonds. The second-order valence-electron chi connectivity index (χ2n) is 5.01.